The summed E-state index contributed by atoms with van der Waals surface area (Å²) < 4.78 is 37.1. The number of Topliss-reactive ketones (excluding diaryl/α,β-unsaturated/α-hetero) is 2. The van der Waals surface area contributed by atoms with E-state index in [-0.39, 0.29) is 37.3 Å². The topological polar surface area (TPSA) is 205 Å². The molecule has 3 fully saturated rings. The van der Waals surface area contributed by atoms with Crippen molar-refractivity contribution < 1.29 is 52.4 Å². The van der Waals surface area contributed by atoms with Gasteiger partial charge in [0.15, 0.2) is 23.8 Å². The van der Waals surface area contributed by atoms with E-state index in [4.69, 9.17) is 34.0 Å². The summed E-state index contributed by atoms with van der Waals surface area (Å²) in [6.07, 6.45) is -5.11. The molecule has 16 nitrogen and oxygen atoms in total. The van der Waals surface area contributed by atoms with Crippen molar-refractivity contribution in [2.24, 2.45) is 28.8 Å². The lowest BCUT2D eigenvalue weighted by atomic mass is 9.73. The third-order valence-electron chi connectivity index (χ3n) is 11.3. The van der Waals surface area contributed by atoms with E-state index >= 15 is 0 Å². The number of esters is 2. The fourth-order valence-corrected chi connectivity index (χ4v) is 8.14. The average molecular weight is 758 g/mol. The Labute approximate surface area is 316 Å². The molecule has 13 atom stereocenters. The number of ether oxygens (including phenoxy) is 6. The van der Waals surface area contributed by atoms with Gasteiger partial charge in [-0.15, -0.1) is 0 Å². The average Bonchev–Trinajstić information content (AvgIpc) is 3.46. The molecule has 3 aliphatic heterocycles. The van der Waals surface area contributed by atoms with Crippen LogP contribution < -0.4 is 5.32 Å². The number of likely N-dealkylation sites (N-methyl/N-ethyl adjacent to an activating group) is 1. The third-order valence-corrected chi connectivity index (χ3v) is 11.3. The van der Waals surface area contributed by atoms with Crippen LogP contribution in [-0.4, -0.2) is 116 Å². The van der Waals surface area contributed by atoms with Crippen LogP contribution in [-0.2, 0) is 42.8 Å². The van der Waals surface area contributed by atoms with Crippen molar-refractivity contribution >= 4 is 29.6 Å². The lowest BCUT2D eigenvalue weighted by Gasteiger charge is -2.47. The summed E-state index contributed by atoms with van der Waals surface area (Å²) in [5.41, 5.74) is 6.38. The number of amides is 1. The van der Waals surface area contributed by atoms with E-state index in [0.717, 1.165) is 0 Å². The minimum Gasteiger partial charge on any atom is -0.457 e. The Hall–Kier alpha value is -4.08. The van der Waals surface area contributed by atoms with E-state index in [1.165, 1.54) is 14.0 Å². The van der Waals surface area contributed by atoms with Gasteiger partial charge in [0, 0.05) is 36.3 Å². The van der Waals surface area contributed by atoms with E-state index in [0.29, 0.717) is 12.0 Å². The third kappa shape index (κ3) is 9.06. The van der Waals surface area contributed by atoms with Crippen molar-refractivity contribution in [2.75, 3.05) is 27.7 Å². The number of hydrogen-bond acceptors (Lipinski definition) is 13. The largest absolute Gasteiger partial charge is 0.457 e. The molecule has 3 saturated heterocycles. The van der Waals surface area contributed by atoms with E-state index in [2.05, 4.69) is 15.3 Å². The summed E-state index contributed by atoms with van der Waals surface area (Å²) in [7, 11) is 5.17. The lowest BCUT2D eigenvalue weighted by molar-refractivity contribution is -0.294. The van der Waals surface area contributed by atoms with Crippen molar-refractivity contribution in [1.29, 1.82) is 0 Å². The second-order valence-electron chi connectivity index (χ2n) is 15.5. The number of alkyl carbamates (subject to hydrolysis) is 1. The van der Waals surface area contributed by atoms with Gasteiger partial charge in [0.05, 0.1) is 35.5 Å². The molecule has 16 heteroatoms. The number of methoxy groups -OCH3 is 1. The summed E-state index contributed by atoms with van der Waals surface area (Å²) >= 11 is 0. The Bertz CT molecular complexity index is 1590. The first kappa shape index (κ1) is 42.7. The molecule has 0 radical (unpaired) electrons. The Morgan fingerprint density at radius 2 is 1.70 bits per heavy atom. The zero-order chi connectivity index (χ0) is 40.1. The van der Waals surface area contributed by atoms with Crippen molar-refractivity contribution in [3.05, 3.63) is 46.3 Å². The number of nitrogens with zero attached hydrogens (tertiary/aromatic N) is 4. The maximum atomic E-state index is 14.4. The molecule has 0 saturated carbocycles. The number of carbonyl (C=O) groups excluding carboxylic acids is 5. The van der Waals surface area contributed by atoms with Gasteiger partial charge in [0.1, 0.15) is 17.8 Å². The van der Waals surface area contributed by atoms with Gasteiger partial charge < -0.3 is 38.6 Å². The maximum Gasteiger partial charge on any atom is 0.408 e. The highest BCUT2D eigenvalue weighted by Crippen LogP contribution is 2.40. The number of hydrogen-bond donors (Lipinski definition) is 1. The van der Waals surface area contributed by atoms with Gasteiger partial charge in [0.2, 0.25) is 0 Å². The summed E-state index contributed by atoms with van der Waals surface area (Å²) in [6.45, 7) is 11.4. The van der Waals surface area contributed by atoms with Crippen molar-refractivity contribution in [3.63, 3.8) is 0 Å². The van der Waals surface area contributed by atoms with Crippen LogP contribution in [0.2, 0.25) is 0 Å². The molecule has 3 heterocycles. The van der Waals surface area contributed by atoms with Crippen molar-refractivity contribution in [3.8, 4) is 0 Å². The van der Waals surface area contributed by atoms with Crippen LogP contribution in [0.3, 0.4) is 0 Å². The number of nitrogens with one attached hydrogen (secondary N) is 1. The fraction of sp³-hybridized carbons (Fsp3) is 0.711. The molecule has 0 spiro atoms. The predicted octanol–water partition coefficient (Wildman–Crippen LogP) is 4.63. The van der Waals surface area contributed by atoms with Gasteiger partial charge in [-0.2, -0.15) is 0 Å². The van der Waals surface area contributed by atoms with Gasteiger partial charge >= 0.3 is 18.0 Å². The summed E-state index contributed by atoms with van der Waals surface area (Å²) in [5.74, 6) is -6.26. The highest BCUT2D eigenvalue weighted by Gasteiger charge is 2.57. The van der Waals surface area contributed by atoms with Crippen LogP contribution in [0.25, 0.3) is 10.4 Å². The molecular weight excluding hydrogens is 702 g/mol. The van der Waals surface area contributed by atoms with Gasteiger partial charge in [-0.3, -0.25) is 14.4 Å². The normalized spacial score (nSPS) is 37.9. The number of ketones is 2. The van der Waals surface area contributed by atoms with Crippen LogP contribution >= 0.6 is 0 Å². The number of rotatable bonds is 9. The highest BCUT2D eigenvalue weighted by atomic mass is 16.7. The molecule has 1 amide bonds. The molecule has 1 aromatic carbocycles. The highest BCUT2D eigenvalue weighted by molar-refractivity contribution is 6.00. The molecule has 54 heavy (non-hydrogen) atoms. The van der Waals surface area contributed by atoms with Crippen LogP contribution in [0.4, 0.5) is 4.79 Å². The fourth-order valence-electron chi connectivity index (χ4n) is 8.14. The van der Waals surface area contributed by atoms with E-state index in [1.54, 1.807) is 65.0 Å². The standard InChI is InChI=1S/C38H55N5O11/c1-20-19-37(6,49-10)32(53-35-30(26(43(8)9)18-21(2)50-35)52-34(47)25-14-12-11-13-15-25)23(4)29(45)24(5)33(46)51-27(16-17-40-42-39)38(7)31(22(3)28(20)44)41-36(48)54-38/h11-15,20-24,26-27,30-32,35H,16-19H2,1-10H3,(H,41,48)/t20-,21?,22+,23+,24-,26?,27-,30?,31-,32-,35?,37-,38-/m1/s1. The number of benzene rings is 1. The lowest BCUT2D eigenvalue weighted by Crippen LogP contribution is -2.61. The summed E-state index contributed by atoms with van der Waals surface area (Å²) in [5, 5.41) is 6.30. The second kappa shape index (κ2) is 17.6. The summed E-state index contributed by atoms with van der Waals surface area (Å²) in [6, 6.07) is 7.23. The second-order valence-corrected chi connectivity index (χ2v) is 15.5. The van der Waals surface area contributed by atoms with Gasteiger partial charge in [-0.1, -0.05) is 44.1 Å². The molecule has 3 aliphatic rings. The van der Waals surface area contributed by atoms with Crippen LogP contribution in [0.1, 0.15) is 78.1 Å². The van der Waals surface area contributed by atoms with E-state index in [9.17, 15) is 24.0 Å². The van der Waals surface area contributed by atoms with Crippen LogP contribution in [0, 0.1) is 23.7 Å². The quantitative estimate of drug-likeness (QED) is 0.0914. The van der Waals surface area contributed by atoms with Crippen molar-refractivity contribution in [1.82, 2.24) is 10.2 Å². The number of cyclic esters (lactones) is 1. The number of fused-ring (bicyclic) bond motifs is 1. The monoisotopic (exact) mass is 757 g/mol. The Kier molecular flexibility index (Phi) is 13.9. The minimum absolute atomic E-state index is 0.0501. The number of carbonyl (C=O) groups is 5. The Balaban J connectivity index is 1.79. The Morgan fingerprint density at radius 3 is 2.31 bits per heavy atom. The first-order chi connectivity index (χ1) is 25.4. The van der Waals surface area contributed by atoms with Crippen LogP contribution in [0.5, 0.6) is 0 Å². The van der Waals surface area contributed by atoms with Gasteiger partial charge in [-0.25, -0.2) is 9.59 Å². The zero-order valence-corrected chi connectivity index (χ0v) is 32.8. The van der Waals surface area contributed by atoms with Gasteiger partial charge in [-0.05, 0) is 78.7 Å². The smallest absolute Gasteiger partial charge is 0.408 e. The van der Waals surface area contributed by atoms with E-state index < -0.39 is 89.3 Å². The molecule has 0 bridgehead atoms. The minimum atomic E-state index is -1.55. The zero-order valence-electron chi connectivity index (χ0n) is 32.8. The summed E-state index contributed by atoms with van der Waals surface area (Å²) in [4.78, 5) is 73.4. The first-order valence-corrected chi connectivity index (χ1v) is 18.4. The first-order valence-electron chi connectivity index (χ1n) is 18.4. The molecule has 0 aliphatic carbocycles. The van der Waals surface area contributed by atoms with Crippen molar-refractivity contribution in [2.45, 2.75) is 122 Å². The SMILES string of the molecule is CO[C@]1(C)C[C@@H](C)C(=O)[C@H](C)[C@H]2NC(=O)O[C@]2(C)[C@@H](CCN=[N+]=[N-])OC(=O)[C@H](C)C(=O)[C@H](C)[C@H]1OC1OC(C)CC(N(C)C)C1OC(=O)c1ccccc1. The Morgan fingerprint density at radius 1 is 1.04 bits per heavy atom. The molecule has 4 rings (SSSR count). The molecule has 4 unspecified atom stereocenters. The maximum absolute atomic E-state index is 14.4. The molecular formula is C38H55N5O11. The predicted molar refractivity (Wildman–Crippen MR) is 194 cm³/mol. The molecule has 1 aromatic rings. The van der Waals surface area contributed by atoms with Gasteiger partial charge in [0.25, 0.3) is 0 Å². The molecule has 298 valence electrons. The molecule has 1 N–H and O–H groups in total. The molecule has 0 aromatic heterocycles. The number of azide groups is 1. The van der Waals surface area contributed by atoms with E-state index in [1.807, 2.05) is 25.9 Å². The van der Waals surface area contributed by atoms with Crippen LogP contribution in [0.15, 0.2) is 35.4 Å².